The second-order valence-electron chi connectivity index (χ2n) is 10.2. The molecule has 1 aliphatic heterocycles. The molecule has 3 atom stereocenters. The molecule has 5 rings (SSSR count). The zero-order valence-electron chi connectivity index (χ0n) is 19.8. The zero-order chi connectivity index (χ0) is 25.5. The highest BCUT2D eigenvalue weighted by molar-refractivity contribution is 7.77. The van der Waals surface area contributed by atoms with Crippen LogP contribution in [0.3, 0.4) is 0 Å². The van der Waals surface area contributed by atoms with Gasteiger partial charge in [0.25, 0.3) is 0 Å². The van der Waals surface area contributed by atoms with E-state index in [0.29, 0.717) is 37.7 Å². The Bertz CT molecular complexity index is 1130. The van der Waals surface area contributed by atoms with Crippen molar-refractivity contribution in [2.75, 3.05) is 19.7 Å². The van der Waals surface area contributed by atoms with Gasteiger partial charge in [0.1, 0.15) is 0 Å². The lowest BCUT2D eigenvalue weighted by molar-refractivity contribution is -0.137. The van der Waals surface area contributed by atoms with Gasteiger partial charge in [-0.1, -0.05) is 18.2 Å². The number of rotatable bonds is 9. The van der Waals surface area contributed by atoms with Crippen LogP contribution in [-0.2, 0) is 30.3 Å². The number of halogens is 4. The molecule has 2 aliphatic carbocycles. The van der Waals surface area contributed by atoms with Crippen LogP contribution in [0.5, 0.6) is 5.75 Å². The van der Waals surface area contributed by atoms with Crippen LogP contribution in [0, 0.1) is 5.82 Å². The Hall–Kier alpha value is -2.01. The monoisotopic (exact) mass is 525 g/mol. The predicted molar refractivity (Wildman–Crippen MR) is 127 cm³/mol. The fourth-order valence-electron chi connectivity index (χ4n) is 5.79. The molecule has 1 saturated heterocycles. The summed E-state index contributed by atoms with van der Waals surface area (Å²) < 4.78 is 85.4. The van der Waals surface area contributed by atoms with Crippen LogP contribution in [-0.4, -0.2) is 44.9 Å². The van der Waals surface area contributed by atoms with E-state index in [1.807, 2.05) is 0 Å². The molecule has 3 aliphatic rings. The summed E-state index contributed by atoms with van der Waals surface area (Å²) in [6, 6.07) is 8.73. The van der Waals surface area contributed by atoms with E-state index in [-0.39, 0.29) is 24.3 Å². The Morgan fingerprint density at radius 1 is 1.17 bits per heavy atom. The highest BCUT2D eigenvalue weighted by Crippen LogP contribution is 2.43. The predicted octanol–water partition coefficient (Wildman–Crippen LogP) is 4.88. The maximum absolute atomic E-state index is 15.0. The van der Waals surface area contributed by atoms with Crippen LogP contribution in [0.4, 0.5) is 17.6 Å². The average Bonchev–Trinajstić information content (AvgIpc) is 3.06. The summed E-state index contributed by atoms with van der Waals surface area (Å²) in [4.78, 5) is 2.33. The first kappa shape index (κ1) is 25.6. The first-order valence-corrected chi connectivity index (χ1v) is 13.4. The van der Waals surface area contributed by atoms with Gasteiger partial charge in [0, 0.05) is 35.2 Å². The summed E-state index contributed by atoms with van der Waals surface area (Å²) >= 11 is -2.38. The number of benzene rings is 2. The molecule has 0 aromatic heterocycles. The molecule has 2 aromatic carbocycles. The number of hydrogen-bond acceptors (Lipinski definition) is 4. The number of nitrogens with one attached hydrogen (secondary N) is 1. The summed E-state index contributed by atoms with van der Waals surface area (Å²) in [6.45, 7) is 2.02. The van der Waals surface area contributed by atoms with Crippen molar-refractivity contribution in [3.8, 4) is 5.75 Å². The number of hydrogen-bond donors (Lipinski definition) is 1. The molecule has 0 bridgehead atoms. The standard InChI is InChI=1S/C26H30F4N2O3S/c27-22-14-18-15-23(32-9-3-10-32)21(13-17-4-1-5-19(12-17)26(28,29)30)20(18)16-24(22)35-11-8-25(6-2-7-25)31-36(33)34/h1,4-5,12,14,16,21,23,31H,2-3,6-11,13,15H2,(H,33,34)/p-1. The van der Waals surface area contributed by atoms with Crippen LogP contribution in [0.2, 0.25) is 0 Å². The van der Waals surface area contributed by atoms with Gasteiger partial charge >= 0.3 is 6.18 Å². The lowest BCUT2D eigenvalue weighted by Gasteiger charge is -2.43. The summed E-state index contributed by atoms with van der Waals surface area (Å²) in [6.07, 6.45) is 0.533. The summed E-state index contributed by atoms with van der Waals surface area (Å²) in [7, 11) is 0. The third kappa shape index (κ3) is 5.32. The number of nitrogens with zero attached hydrogens (tertiary/aromatic N) is 1. The Kier molecular flexibility index (Phi) is 7.15. The third-order valence-electron chi connectivity index (χ3n) is 8.00. The number of fused-ring (bicyclic) bond motifs is 1. The van der Waals surface area contributed by atoms with E-state index >= 15 is 0 Å². The number of alkyl halides is 3. The van der Waals surface area contributed by atoms with Gasteiger partial charge in [-0.3, -0.25) is 9.11 Å². The molecule has 0 amide bonds. The summed E-state index contributed by atoms with van der Waals surface area (Å²) in [5.41, 5.74) is 1.18. The van der Waals surface area contributed by atoms with Crippen molar-refractivity contribution in [1.82, 2.24) is 9.62 Å². The number of likely N-dealkylation sites (tertiary alicyclic amines) is 1. The van der Waals surface area contributed by atoms with Crippen molar-refractivity contribution in [2.45, 2.75) is 68.6 Å². The summed E-state index contributed by atoms with van der Waals surface area (Å²) in [5.74, 6) is -0.446. The van der Waals surface area contributed by atoms with Crippen LogP contribution in [0.1, 0.15) is 60.3 Å². The smallest absolute Gasteiger partial charge is 0.416 e. The van der Waals surface area contributed by atoms with Gasteiger partial charge in [0.05, 0.1) is 12.2 Å². The van der Waals surface area contributed by atoms with Crippen LogP contribution >= 0.6 is 0 Å². The van der Waals surface area contributed by atoms with E-state index in [4.69, 9.17) is 4.74 Å². The van der Waals surface area contributed by atoms with Gasteiger partial charge in [-0.2, -0.15) is 13.2 Å². The third-order valence-corrected chi connectivity index (χ3v) is 8.60. The highest BCUT2D eigenvalue weighted by Gasteiger charge is 2.40. The molecule has 196 valence electrons. The van der Waals surface area contributed by atoms with Crippen molar-refractivity contribution in [3.05, 3.63) is 64.5 Å². The lowest BCUT2D eigenvalue weighted by Crippen LogP contribution is -2.52. The molecule has 2 fully saturated rings. The Balaban J connectivity index is 1.36. The van der Waals surface area contributed by atoms with Gasteiger partial charge < -0.3 is 9.29 Å². The van der Waals surface area contributed by atoms with E-state index in [1.54, 1.807) is 12.1 Å². The van der Waals surface area contributed by atoms with Crippen LogP contribution in [0.15, 0.2) is 36.4 Å². The average molecular weight is 526 g/mol. The minimum Gasteiger partial charge on any atom is -0.760 e. The summed E-state index contributed by atoms with van der Waals surface area (Å²) in [5, 5.41) is 0. The Labute approximate surface area is 210 Å². The molecule has 3 unspecified atom stereocenters. The van der Waals surface area contributed by atoms with E-state index < -0.39 is 34.4 Å². The quantitative estimate of drug-likeness (QED) is 0.375. The van der Waals surface area contributed by atoms with Crippen molar-refractivity contribution in [2.24, 2.45) is 0 Å². The minimum absolute atomic E-state index is 0.0748. The van der Waals surface area contributed by atoms with Gasteiger partial charge in [0.2, 0.25) is 0 Å². The van der Waals surface area contributed by atoms with E-state index in [1.165, 1.54) is 18.2 Å². The van der Waals surface area contributed by atoms with Crippen LogP contribution in [0.25, 0.3) is 0 Å². The number of ether oxygens (including phenoxy) is 1. The largest absolute Gasteiger partial charge is 0.760 e. The highest BCUT2D eigenvalue weighted by atomic mass is 32.2. The molecular weight excluding hydrogens is 496 g/mol. The second-order valence-corrected chi connectivity index (χ2v) is 10.9. The molecule has 10 heteroatoms. The van der Waals surface area contributed by atoms with Crippen molar-refractivity contribution < 1.29 is 31.1 Å². The topological polar surface area (TPSA) is 64.6 Å². The lowest BCUT2D eigenvalue weighted by atomic mass is 9.75. The normalized spacial score (nSPS) is 24.0. The minimum atomic E-state index is -4.41. The molecule has 1 N–H and O–H groups in total. The van der Waals surface area contributed by atoms with Crippen molar-refractivity contribution in [1.29, 1.82) is 0 Å². The maximum Gasteiger partial charge on any atom is 0.416 e. The molecule has 0 radical (unpaired) electrons. The van der Waals surface area contributed by atoms with E-state index in [2.05, 4.69) is 9.62 Å². The molecule has 36 heavy (non-hydrogen) atoms. The molecule has 1 saturated carbocycles. The fourth-order valence-corrected chi connectivity index (χ4v) is 6.45. The second kappa shape index (κ2) is 10.0. The first-order valence-electron chi connectivity index (χ1n) is 12.4. The van der Waals surface area contributed by atoms with E-state index in [9.17, 15) is 26.3 Å². The van der Waals surface area contributed by atoms with Gasteiger partial charge in [-0.15, -0.1) is 0 Å². The van der Waals surface area contributed by atoms with Crippen molar-refractivity contribution in [3.63, 3.8) is 0 Å². The molecule has 5 nitrogen and oxygen atoms in total. The molecular formula is C26H29F4N2O3S-. The zero-order valence-corrected chi connectivity index (χ0v) is 20.6. The van der Waals surface area contributed by atoms with Gasteiger partial charge in [-0.05, 0) is 86.5 Å². The Morgan fingerprint density at radius 3 is 2.56 bits per heavy atom. The van der Waals surface area contributed by atoms with E-state index in [0.717, 1.165) is 43.1 Å². The van der Waals surface area contributed by atoms with Crippen LogP contribution < -0.4 is 9.46 Å². The Morgan fingerprint density at radius 2 is 1.94 bits per heavy atom. The molecule has 2 aromatic rings. The molecule has 0 spiro atoms. The fraction of sp³-hybridized carbons (Fsp3) is 0.538. The first-order chi connectivity index (χ1) is 17.1. The molecule has 1 heterocycles. The SMILES string of the molecule is O=S([O-])NC1(CCOc2cc3c(cc2F)CC(N2CCC2)C3Cc2cccc(C(F)(F)F)c2)CCC1. The van der Waals surface area contributed by atoms with Gasteiger partial charge in [-0.25, -0.2) is 9.11 Å². The van der Waals surface area contributed by atoms with Gasteiger partial charge in [0.15, 0.2) is 11.6 Å². The maximum atomic E-state index is 15.0. The van der Waals surface area contributed by atoms with Crippen molar-refractivity contribution >= 4 is 11.3 Å².